The maximum atomic E-state index is 13.0. The Kier molecular flexibility index (Phi) is 4.23. The average molecular weight is 437 g/mol. The molecule has 0 N–H and O–H groups in total. The minimum atomic E-state index is -0.532. The molecule has 0 aromatic rings. The van der Waals surface area contributed by atoms with Gasteiger partial charge in [-0.3, -0.25) is 29.0 Å². The molecule has 6 rings (SSSR count). The summed E-state index contributed by atoms with van der Waals surface area (Å²) in [5.41, 5.74) is -1.06. The van der Waals surface area contributed by atoms with Crippen molar-refractivity contribution in [2.45, 2.75) is 52.4 Å². The molecule has 2 saturated heterocycles. The summed E-state index contributed by atoms with van der Waals surface area (Å²) < 4.78 is 0. The van der Waals surface area contributed by atoms with Crippen LogP contribution < -0.4 is 0 Å². The lowest BCUT2D eigenvalue weighted by molar-refractivity contribution is -0.143. The highest BCUT2D eigenvalue weighted by atomic mass is 16.2. The third kappa shape index (κ3) is 2.31. The standard InChI is InChI=1S/C26H32N2O4/c1-25-17-9-7-15(13-17)19(25)21(29)27(23(25)31)11-5-3-4-6-12-28-22(30)20-16-8-10-18(14-16)26(20,2)24(28)32/h7-10,15-20H,3-6,11-14H2,1-2H3/t15-,16-,17-,18-,19-,20-,25+,26+/m0/s1. The number of hydrogen-bond donors (Lipinski definition) is 0. The molecule has 4 aliphatic carbocycles. The van der Waals surface area contributed by atoms with Crippen molar-refractivity contribution in [2.24, 2.45) is 46.3 Å². The number of carbonyl (C=O) groups excluding carboxylic acids is 4. The first-order chi connectivity index (χ1) is 15.3. The quantitative estimate of drug-likeness (QED) is 0.349. The van der Waals surface area contributed by atoms with E-state index in [4.69, 9.17) is 0 Å². The smallest absolute Gasteiger partial charge is 0.236 e. The van der Waals surface area contributed by atoms with Crippen molar-refractivity contribution in [3.63, 3.8) is 0 Å². The van der Waals surface area contributed by atoms with Crippen LogP contribution in [-0.4, -0.2) is 46.5 Å². The lowest BCUT2D eigenvalue weighted by atomic mass is 9.71. The van der Waals surface area contributed by atoms with Crippen LogP contribution >= 0.6 is 0 Å². The zero-order valence-electron chi connectivity index (χ0n) is 19.0. The SMILES string of the molecule is C[C@]12C(=O)N(CCCCCCN3C(=O)[C@@H]4[C@H]5C=C[C@@H](C5)[C@@]4(C)C3=O)C(=O)[C@@H]1[C@H]1C=C[C@H]2C1. The third-order valence-corrected chi connectivity index (χ3v) is 9.91. The summed E-state index contributed by atoms with van der Waals surface area (Å²) in [5, 5.41) is 0. The van der Waals surface area contributed by atoms with Gasteiger partial charge in [-0.1, -0.05) is 37.1 Å². The number of fused-ring (bicyclic) bond motifs is 10. The fourth-order valence-electron chi connectivity index (χ4n) is 8.09. The number of likely N-dealkylation sites (tertiary alicyclic amines) is 2. The second kappa shape index (κ2) is 6.64. The number of nitrogens with zero attached hydrogens (tertiary/aromatic N) is 2. The van der Waals surface area contributed by atoms with Crippen LogP contribution in [-0.2, 0) is 19.2 Å². The highest BCUT2D eigenvalue weighted by Gasteiger charge is 2.68. The summed E-state index contributed by atoms with van der Waals surface area (Å²) in [6.07, 6.45) is 13.7. The van der Waals surface area contributed by atoms with E-state index in [-0.39, 0.29) is 59.1 Å². The van der Waals surface area contributed by atoms with Gasteiger partial charge >= 0.3 is 0 Å². The van der Waals surface area contributed by atoms with Gasteiger partial charge in [-0.2, -0.15) is 0 Å². The molecule has 0 aromatic carbocycles. The van der Waals surface area contributed by atoms with Gasteiger partial charge in [0.1, 0.15) is 0 Å². The molecular weight excluding hydrogens is 404 g/mol. The molecule has 0 radical (unpaired) electrons. The zero-order chi connectivity index (χ0) is 22.4. The molecule has 2 saturated carbocycles. The summed E-state index contributed by atoms with van der Waals surface area (Å²) in [7, 11) is 0. The Hall–Kier alpha value is -2.24. The molecule has 0 aromatic heterocycles. The van der Waals surface area contributed by atoms with E-state index in [1.807, 2.05) is 13.8 Å². The maximum Gasteiger partial charge on any atom is 0.236 e. The van der Waals surface area contributed by atoms with Crippen molar-refractivity contribution in [3.05, 3.63) is 24.3 Å². The lowest BCUT2D eigenvalue weighted by Gasteiger charge is -2.28. The number of amides is 4. The van der Waals surface area contributed by atoms with Gasteiger partial charge in [0.2, 0.25) is 23.6 Å². The Balaban J connectivity index is 0.985. The Morgan fingerprint density at radius 1 is 0.688 bits per heavy atom. The largest absolute Gasteiger partial charge is 0.282 e. The van der Waals surface area contributed by atoms with Crippen LogP contribution in [0.25, 0.3) is 0 Å². The van der Waals surface area contributed by atoms with Crippen molar-refractivity contribution in [2.75, 3.05) is 13.1 Å². The molecular formula is C26H32N2O4. The second-order valence-corrected chi connectivity index (χ2v) is 11.3. The second-order valence-electron chi connectivity index (χ2n) is 11.3. The van der Waals surface area contributed by atoms with Crippen LogP contribution in [0.4, 0.5) is 0 Å². The van der Waals surface area contributed by atoms with Crippen LogP contribution in [0.3, 0.4) is 0 Å². The van der Waals surface area contributed by atoms with Crippen LogP contribution in [0, 0.1) is 46.3 Å². The highest BCUT2D eigenvalue weighted by Crippen LogP contribution is 2.61. The zero-order valence-corrected chi connectivity index (χ0v) is 19.0. The number of allylic oxidation sites excluding steroid dienone is 4. The van der Waals surface area contributed by atoms with E-state index < -0.39 is 10.8 Å². The average Bonchev–Trinajstić information content (AvgIpc) is 3.57. The summed E-state index contributed by atoms with van der Waals surface area (Å²) in [6, 6.07) is 0. The molecule has 2 heterocycles. The number of unbranched alkanes of at least 4 members (excludes halogenated alkanes) is 3. The topological polar surface area (TPSA) is 74.8 Å². The van der Waals surface area contributed by atoms with Gasteiger partial charge in [-0.25, -0.2) is 0 Å². The molecule has 170 valence electrons. The Labute approximate surface area is 189 Å². The minimum absolute atomic E-state index is 0.0145. The van der Waals surface area contributed by atoms with E-state index >= 15 is 0 Å². The monoisotopic (exact) mass is 436 g/mol. The van der Waals surface area contributed by atoms with Crippen molar-refractivity contribution in [3.8, 4) is 0 Å². The van der Waals surface area contributed by atoms with Crippen molar-refractivity contribution in [1.82, 2.24) is 9.80 Å². The van der Waals surface area contributed by atoms with E-state index in [1.54, 1.807) is 0 Å². The number of rotatable bonds is 7. The van der Waals surface area contributed by atoms with Gasteiger partial charge in [0.25, 0.3) is 0 Å². The molecule has 4 bridgehead atoms. The van der Waals surface area contributed by atoms with Gasteiger partial charge in [0, 0.05) is 13.1 Å². The first-order valence-corrected chi connectivity index (χ1v) is 12.4. The molecule has 6 heteroatoms. The molecule has 0 unspecified atom stereocenters. The Morgan fingerprint density at radius 2 is 1.09 bits per heavy atom. The summed E-state index contributed by atoms with van der Waals surface area (Å²) in [5.74, 6) is 0.619. The molecule has 6 nitrogen and oxygen atoms in total. The molecule has 32 heavy (non-hydrogen) atoms. The number of imide groups is 2. The molecule has 4 amide bonds. The van der Waals surface area contributed by atoms with E-state index in [0.717, 1.165) is 38.5 Å². The van der Waals surface area contributed by atoms with Gasteiger partial charge in [0.05, 0.1) is 22.7 Å². The molecule has 2 aliphatic heterocycles. The van der Waals surface area contributed by atoms with Crippen molar-refractivity contribution >= 4 is 23.6 Å². The predicted octanol–water partition coefficient (Wildman–Crippen LogP) is 2.94. The van der Waals surface area contributed by atoms with Gasteiger partial charge in [-0.15, -0.1) is 0 Å². The fraction of sp³-hybridized carbons (Fsp3) is 0.692. The maximum absolute atomic E-state index is 13.0. The van der Waals surface area contributed by atoms with Gasteiger partial charge in [0.15, 0.2) is 0 Å². The van der Waals surface area contributed by atoms with E-state index in [9.17, 15) is 19.2 Å². The van der Waals surface area contributed by atoms with E-state index in [2.05, 4.69) is 24.3 Å². The molecule has 8 atom stereocenters. The van der Waals surface area contributed by atoms with E-state index in [1.165, 1.54) is 9.80 Å². The van der Waals surface area contributed by atoms with Gasteiger partial charge < -0.3 is 0 Å². The summed E-state index contributed by atoms with van der Waals surface area (Å²) >= 11 is 0. The highest BCUT2D eigenvalue weighted by molar-refractivity contribution is 6.09. The first kappa shape index (κ1) is 20.4. The van der Waals surface area contributed by atoms with Gasteiger partial charge in [-0.05, 0) is 63.2 Å². The normalized spacial score (nSPS) is 45.2. The fourth-order valence-corrected chi connectivity index (χ4v) is 8.09. The van der Waals surface area contributed by atoms with E-state index in [0.29, 0.717) is 13.1 Å². The Bertz CT molecular complexity index is 906. The number of carbonyl (C=O) groups is 4. The number of hydrogen-bond acceptors (Lipinski definition) is 4. The predicted molar refractivity (Wildman–Crippen MR) is 117 cm³/mol. The van der Waals surface area contributed by atoms with Crippen LogP contribution in [0.5, 0.6) is 0 Å². The van der Waals surface area contributed by atoms with Crippen LogP contribution in [0.15, 0.2) is 24.3 Å². The lowest BCUT2D eigenvalue weighted by Crippen LogP contribution is -2.38. The minimum Gasteiger partial charge on any atom is -0.282 e. The third-order valence-electron chi connectivity index (χ3n) is 9.91. The van der Waals surface area contributed by atoms with Crippen LogP contribution in [0.1, 0.15) is 52.4 Å². The summed E-state index contributed by atoms with van der Waals surface area (Å²) in [6.45, 7) is 4.93. The molecule has 0 spiro atoms. The molecule has 4 fully saturated rings. The molecule has 6 aliphatic rings. The Morgan fingerprint density at radius 3 is 1.47 bits per heavy atom. The van der Waals surface area contributed by atoms with Crippen LogP contribution in [0.2, 0.25) is 0 Å². The summed E-state index contributed by atoms with van der Waals surface area (Å²) in [4.78, 5) is 55.0. The van der Waals surface area contributed by atoms with Crippen molar-refractivity contribution < 1.29 is 19.2 Å². The first-order valence-electron chi connectivity index (χ1n) is 12.4. The van der Waals surface area contributed by atoms with Crippen molar-refractivity contribution in [1.29, 1.82) is 0 Å².